The predicted molar refractivity (Wildman–Crippen MR) is 176 cm³/mol. The average molecular weight is 631 g/mol. The van der Waals surface area contributed by atoms with Gasteiger partial charge < -0.3 is 20.1 Å². The maximum absolute atomic E-state index is 16.9. The molecule has 5 aromatic rings. The monoisotopic (exact) mass is 630 g/mol. The van der Waals surface area contributed by atoms with E-state index in [0.717, 1.165) is 24.0 Å². The Bertz CT molecular complexity index is 2120. The number of phenolic OH excluding ortho intramolecular Hbond substituents is 1. The van der Waals surface area contributed by atoms with Crippen LogP contribution in [0.2, 0.25) is 0 Å². The van der Waals surface area contributed by atoms with Crippen LogP contribution in [-0.4, -0.2) is 69.5 Å². The number of terminal acetylenes is 1. The zero-order chi connectivity index (χ0) is 31.9. The van der Waals surface area contributed by atoms with E-state index < -0.39 is 17.5 Å². The molecule has 3 saturated heterocycles. The van der Waals surface area contributed by atoms with Crippen LogP contribution in [0.25, 0.3) is 32.9 Å². The minimum atomic E-state index is -0.979. The largest absolute Gasteiger partial charge is 0.508 e. The fraction of sp³-hybridized carbons (Fsp3) is 0.324. The number of aromatic hydroxyl groups is 1. The highest BCUT2D eigenvalue weighted by atomic mass is 19.1. The van der Waals surface area contributed by atoms with Gasteiger partial charge in [-0.3, -0.25) is 9.88 Å². The number of benzene rings is 3. The molecule has 47 heavy (non-hydrogen) atoms. The first-order valence-corrected chi connectivity index (χ1v) is 16.1. The second-order valence-electron chi connectivity index (χ2n) is 13.3. The summed E-state index contributed by atoms with van der Waals surface area (Å²) in [6.45, 7) is 2.52. The number of nitrogens with one attached hydrogen (secondary N) is 1. The lowest BCUT2D eigenvalue weighted by Crippen LogP contribution is -2.51. The summed E-state index contributed by atoms with van der Waals surface area (Å²) in [6, 6.07) is 17.2. The summed E-state index contributed by atoms with van der Waals surface area (Å²) in [5.41, 5.74) is 2.56. The maximum atomic E-state index is 16.9. The van der Waals surface area contributed by atoms with Crippen molar-refractivity contribution < 1.29 is 18.6 Å². The molecule has 2 N–H and O–H groups in total. The molecular formula is C37H32F2N6O2. The van der Waals surface area contributed by atoms with Crippen molar-refractivity contribution in [3.63, 3.8) is 0 Å². The van der Waals surface area contributed by atoms with Crippen molar-refractivity contribution in [2.24, 2.45) is 0 Å². The Hall–Kier alpha value is -4.85. The van der Waals surface area contributed by atoms with E-state index in [1.807, 2.05) is 24.3 Å². The van der Waals surface area contributed by atoms with Crippen LogP contribution >= 0.6 is 0 Å². The molecule has 3 fully saturated rings. The van der Waals surface area contributed by atoms with Gasteiger partial charge in [0.15, 0.2) is 5.82 Å². The highest BCUT2D eigenvalue weighted by Crippen LogP contribution is 2.48. The van der Waals surface area contributed by atoms with Gasteiger partial charge in [-0.25, -0.2) is 8.78 Å². The zero-order valence-electron chi connectivity index (χ0n) is 25.6. The Kier molecular flexibility index (Phi) is 6.39. The first-order chi connectivity index (χ1) is 22.9. The lowest BCUT2D eigenvalue weighted by molar-refractivity contribution is 0.0826. The Morgan fingerprint density at radius 1 is 1.06 bits per heavy atom. The third-order valence-electron chi connectivity index (χ3n) is 10.4. The molecule has 0 radical (unpaired) electrons. The van der Waals surface area contributed by atoms with E-state index in [0.29, 0.717) is 77.8 Å². The Balaban J connectivity index is 1.19. The van der Waals surface area contributed by atoms with Gasteiger partial charge in [0, 0.05) is 67.4 Å². The van der Waals surface area contributed by atoms with Crippen molar-refractivity contribution in [3.8, 4) is 35.4 Å². The van der Waals surface area contributed by atoms with Crippen molar-refractivity contribution in [1.82, 2.24) is 25.2 Å². The number of piperazine rings is 1. The molecule has 0 saturated carbocycles. The van der Waals surface area contributed by atoms with Crippen molar-refractivity contribution >= 4 is 27.5 Å². The Morgan fingerprint density at radius 2 is 1.89 bits per heavy atom. The second kappa shape index (κ2) is 10.6. The summed E-state index contributed by atoms with van der Waals surface area (Å²) in [5.74, 6) is 2.54. The van der Waals surface area contributed by atoms with E-state index in [4.69, 9.17) is 16.1 Å². The number of alkyl halides is 1. The van der Waals surface area contributed by atoms with Crippen molar-refractivity contribution in [3.05, 3.63) is 83.3 Å². The summed E-state index contributed by atoms with van der Waals surface area (Å²) < 4.78 is 38.3. The number of phenols is 1. The highest BCUT2D eigenvalue weighted by Gasteiger charge is 2.52. The first-order valence-electron chi connectivity index (χ1n) is 16.1. The average Bonchev–Trinajstić information content (AvgIpc) is 3.69. The standard InChI is InChI=1S/C37H32F2N6O2/c1-2-21-7-5-8-22-12-27(46)13-28(31(21)22)33-32(39)34-29(15-40-33)35(44-18-25-10-11-26(19-44)41-25)43-36(42-34)47-20-37-14-24(38)17-45(37)16-23-6-3-4-9-30(23)37/h1,3-9,12-13,15,24-26,41,46H,10-11,14,16-20H2/t24-,25-,26+,37-/m1/s1. The minimum Gasteiger partial charge on any atom is -0.508 e. The molecule has 4 aliphatic heterocycles. The molecule has 3 aromatic carbocycles. The van der Waals surface area contributed by atoms with Gasteiger partial charge in [0.25, 0.3) is 0 Å². The lowest BCUT2D eigenvalue weighted by atomic mass is 9.88. The lowest BCUT2D eigenvalue weighted by Gasteiger charge is -2.34. The van der Waals surface area contributed by atoms with Crippen molar-refractivity contribution in [2.45, 2.75) is 49.6 Å². The fourth-order valence-corrected chi connectivity index (χ4v) is 8.40. The van der Waals surface area contributed by atoms with Gasteiger partial charge in [0.05, 0.1) is 10.9 Å². The van der Waals surface area contributed by atoms with Crippen LogP contribution in [0.5, 0.6) is 11.8 Å². The number of rotatable bonds is 5. The summed E-state index contributed by atoms with van der Waals surface area (Å²) in [6.07, 6.45) is 8.89. The smallest absolute Gasteiger partial charge is 0.319 e. The SMILES string of the molecule is C#Cc1cccc2cc(O)cc(-c3ncc4c(N5C[C@H]6CC[C@@H](C5)N6)nc(OC[C@@]56C[C@@H](F)CN5Cc5ccccc56)nc4c3F)c12. The van der Waals surface area contributed by atoms with Crippen LogP contribution in [0.15, 0.2) is 60.8 Å². The fourth-order valence-electron chi connectivity index (χ4n) is 8.40. The maximum Gasteiger partial charge on any atom is 0.319 e. The molecule has 2 aromatic heterocycles. The first kappa shape index (κ1) is 28.4. The normalized spacial score (nSPS) is 24.9. The molecule has 9 rings (SSSR count). The zero-order valence-corrected chi connectivity index (χ0v) is 25.6. The molecule has 0 unspecified atom stereocenters. The molecule has 6 heterocycles. The predicted octanol–water partition coefficient (Wildman–Crippen LogP) is 5.44. The van der Waals surface area contributed by atoms with Crippen LogP contribution in [0.4, 0.5) is 14.6 Å². The third kappa shape index (κ3) is 4.44. The van der Waals surface area contributed by atoms with Crippen molar-refractivity contribution in [2.75, 3.05) is 31.1 Å². The number of aromatic nitrogens is 3. The number of pyridine rings is 1. The molecule has 0 amide bonds. The molecular weight excluding hydrogens is 598 g/mol. The second-order valence-corrected chi connectivity index (χ2v) is 13.3. The number of ether oxygens (including phenoxy) is 1. The van der Waals surface area contributed by atoms with Gasteiger partial charge in [-0.05, 0) is 47.6 Å². The molecule has 236 valence electrons. The number of anilines is 1. The molecule has 0 aliphatic carbocycles. The molecule has 4 aliphatic rings. The minimum absolute atomic E-state index is 0.0163. The number of nitrogens with zero attached hydrogens (tertiary/aromatic N) is 5. The summed E-state index contributed by atoms with van der Waals surface area (Å²) in [4.78, 5) is 18.4. The van der Waals surface area contributed by atoms with Gasteiger partial charge in [-0.15, -0.1) is 6.42 Å². The van der Waals surface area contributed by atoms with Gasteiger partial charge in [0.2, 0.25) is 0 Å². The Labute approximate surface area is 270 Å². The third-order valence-corrected chi connectivity index (χ3v) is 10.4. The van der Waals surface area contributed by atoms with Crippen LogP contribution < -0.4 is 15.0 Å². The van der Waals surface area contributed by atoms with Crippen LogP contribution in [0.3, 0.4) is 0 Å². The van der Waals surface area contributed by atoms with Gasteiger partial charge in [-0.2, -0.15) is 9.97 Å². The van der Waals surface area contributed by atoms with Crippen LogP contribution in [-0.2, 0) is 12.1 Å². The highest BCUT2D eigenvalue weighted by molar-refractivity contribution is 6.02. The number of halogens is 2. The molecule has 10 heteroatoms. The Morgan fingerprint density at radius 3 is 2.72 bits per heavy atom. The van der Waals surface area contributed by atoms with Crippen LogP contribution in [0, 0.1) is 18.2 Å². The summed E-state index contributed by atoms with van der Waals surface area (Å²) in [7, 11) is 0. The van der Waals surface area contributed by atoms with Gasteiger partial charge in [-0.1, -0.05) is 42.3 Å². The molecule has 0 spiro atoms. The van der Waals surface area contributed by atoms with E-state index >= 15 is 4.39 Å². The summed E-state index contributed by atoms with van der Waals surface area (Å²) >= 11 is 0. The number of hydrogen-bond donors (Lipinski definition) is 2. The molecule has 4 atom stereocenters. The van der Waals surface area contributed by atoms with E-state index in [-0.39, 0.29) is 29.6 Å². The van der Waals surface area contributed by atoms with Crippen LogP contribution in [0.1, 0.15) is 36.0 Å². The van der Waals surface area contributed by atoms with E-state index in [1.54, 1.807) is 24.4 Å². The number of hydrogen-bond acceptors (Lipinski definition) is 8. The van der Waals surface area contributed by atoms with E-state index in [9.17, 15) is 9.50 Å². The van der Waals surface area contributed by atoms with Gasteiger partial charge >= 0.3 is 6.01 Å². The summed E-state index contributed by atoms with van der Waals surface area (Å²) in [5, 5.41) is 16.0. The van der Waals surface area contributed by atoms with E-state index in [2.05, 4.69) is 37.1 Å². The quantitative estimate of drug-likeness (QED) is 0.248. The van der Waals surface area contributed by atoms with Crippen molar-refractivity contribution in [1.29, 1.82) is 0 Å². The topological polar surface area (TPSA) is 86.6 Å². The molecule has 8 nitrogen and oxygen atoms in total. The van der Waals surface area contributed by atoms with E-state index in [1.165, 1.54) is 6.07 Å². The molecule has 2 bridgehead atoms. The van der Waals surface area contributed by atoms with Gasteiger partial charge in [0.1, 0.15) is 35.6 Å². The number of fused-ring (bicyclic) bond motifs is 7.